The topological polar surface area (TPSA) is 58.6 Å². The van der Waals surface area contributed by atoms with E-state index in [0.29, 0.717) is 19.7 Å². The van der Waals surface area contributed by atoms with Crippen LogP contribution in [0.5, 0.6) is 0 Å². The Bertz CT molecular complexity index is 217. The predicted molar refractivity (Wildman–Crippen MR) is 57.9 cm³/mol. The summed E-state index contributed by atoms with van der Waals surface area (Å²) in [6.45, 7) is 5.01. The van der Waals surface area contributed by atoms with Gasteiger partial charge in [-0.1, -0.05) is 0 Å². The van der Waals surface area contributed by atoms with E-state index in [1.165, 1.54) is 0 Å². The molecule has 0 atom stereocenters. The largest absolute Gasteiger partial charge is 0.466 e. The van der Waals surface area contributed by atoms with E-state index in [-0.39, 0.29) is 24.7 Å². The van der Waals surface area contributed by atoms with Crippen molar-refractivity contribution in [1.29, 1.82) is 0 Å². The Morgan fingerprint density at radius 1 is 1.33 bits per heavy atom. The summed E-state index contributed by atoms with van der Waals surface area (Å²) in [5, 5.41) is 3.14. The van der Waals surface area contributed by atoms with Crippen LogP contribution in [0.3, 0.4) is 0 Å². The molecule has 0 unspecified atom stereocenters. The molecule has 1 amide bonds. The van der Waals surface area contributed by atoms with Gasteiger partial charge >= 0.3 is 5.97 Å². The summed E-state index contributed by atoms with van der Waals surface area (Å²) in [4.78, 5) is 24.2. The fraction of sp³-hybridized carbons (Fsp3) is 0.778. The van der Waals surface area contributed by atoms with Gasteiger partial charge in [-0.2, -0.15) is 0 Å². The molecule has 1 aliphatic heterocycles. The summed E-state index contributed by atoms with van der Waals surface area (Å²) in [7, 11) is 0. The highest BCUT2D eigenvalue weighted by atomic mass is 35.5. The Hall–Kier alpha value is -0.810. The summed E-state index contributed by atoms with van der Waals surface area (Å²) < 4.78 is 4.70. The molecular formula is C9H17ClN2O3. The van der Waals surface area contributed by atoms with Crippen LogP contribution in [0.15, 0.2) is 0 Å². The van der Waals surface area contributed by atoms with E-state index in [1.54, 1.807) is 11.8 Å². The van der Waals surface area contributed by atoms with Crippen LogP contribution in [-0.2, 0) is 14.3 Å². The van der Waals surface area contributed by atoms with E-state index in [1.807, 2.05) is 0 Å². The Kier molecular flexibility index (Phi) is 7.07. The van der Waals surface area contributed by atoms with Gasteiger partial charge in [0, 0.05) is 26.2 Å². The van der Waals surface area contributed by atoms with Crippen LogP contribution in [0.4, 0.5) is 0 Å². The van der Waals surface area contributed by atoms with Crippen molar-refractivity contribution in [1.82, 2.24) is 10.2 Å². The number of piperazine rings is 1. The number of rotatable bonds is 3. The van der Waals surface area contributed by atoms with Crippen LogP contribution in [-0.4, -0.2) is 49.6 Å². The SMILES string of the molecule is CCOC(=O)CC(=O)N1CCNCC1.Cl. The average Bonchev–Trinajstić information content (AvgIpc) is 2.19. The van der Waals surface area contributed by atoms with Gasteiger partial charge in [0.15, 0.2) is 0 Å². The van der Waals surface area contributed by atoms with Crippen LogP contribution in [0.1, 0.15) is 13.3 Å². The van der Waals surface area contributed by atoms with Crippen molar-refractivity contribution in [2.75, 3.05) is 32.8 Å². The number of halogens is 1. The fourth-order valence-corrected chi connectivity index (χ4v) is 1.36. The lowest BCUT2D eigenvalue weighted by Crippen LogP contribution is -2.46. The lowest BCUT2D eigenvalue weighted by molar-refractivity contribution is -0.148. The standard InChI is InChI=1S/C9H16N2O3.ClH/c1-2-14-9(13)7-8(12)11-5-3-10-4-6-11;/h10H,2-7H2,1H3;1H. The highest BCUT2D eigenvalue weighted by Gasteiger charge is 2.19. The Morgan fingerprint density at radius 2 is 1.93 bits per heavy atom. The highest BCUT2D eigenvalue weighted by Crippen LogP contribution is 1.98. The van der Waals surface area contributed by atoms with E-state index >= 15 is 0 Å². The molecule has 0 aromatic carbocycles. The molecule has 0 aromatic rings. The second-order valence-electron chi connectivity index (χ2n) is 3.11. The third-order valence-electron chi connectivity index (χ3n) is 2.07. The van der Waals surface area contributed by atoms with Gasteiger partial charge in [-0.3, -0.25) is 9.59 Å². The van der Waals surface area contributed by atoms with Gasteiger partial charge < -0.3 is 15.0 Å². The lowest BCUT2D eigenvalue weighted by atomic mass is 10.3. The van der Waals surface area contributed by atoms with Crippen LogP contribution in [0, 0.1) is 0 Å². The summed E-state index contributed by atoms with van der Waals surface area (Å²) in [6, 6.07) is 0. The van der Waals surface area contributed by atoms with E-state index in [9.17, 15) is 9.59 Å². The smallest absolute Gasteiger partial charge is 0.315 e. The molecule has 1 N–H and O–H groups in total. The summed E-state index contributed by atoms with van der Waals surface area (Å²) in [5.41, 5.74) is 0. The molecule has 0 radical (unpaired) electrons. The predicted octanol–water partition coefficient (Wildman–Crippen LogP) is -0.207. The number of hydrogen-bond donors (Lipinski definition) is 1. The molecule has 6 heteroatoms. The first-order valence-corrected chi connectivity index (χ1v) is 4.88. The zero-order valence-corrected chi connectivity index (χ0v) is 9.64. The zero-order chi connectivity index (χ0) is 10.4. The van der Waals surface area contributed by atoms with Crippen molar-refractivity contribution in [3.8, 4) is 0 Å². The number of carbonyl (C=O) groups is 2. The van der Waals surface area contributed by atoms with Gasteiger partial charge in [0.1, 0.15) is 6.42 Å². The highest BCUT2D eigenvalue weighted by molar-refractivity contribution is 5.94. The van der Waals surface area contributed by atoms with E-state index in [0.717, 1.165) is 13.1 Å². The maximum absolute atomic E-state index is 11.5. The maximum atomic E-state index is 11.5. The second-order valence-corrected chi connectivity index (χ2v) is 3.11. The minimum atomic E-state index is -0.434. The molecule has 0 bridgehead atoms. The number of nitrogens with zero attached hydrogens (tertiary/aromatic N) is 1. The summed E-state index contributed by atoms with van der Waals surface area (Å²) in [6.07, 6.45) is -0.131. The lowest BCUT2D eigenvalue weighted by Gasteiger charge is -2.27. The van der Waals surface area contributed by atoms with Crippen molar-refractivity contribution in [2.24, 2.45) is 0 Å². The first-order chi connectivity index (χ1) is 6.74. The van der Waals surface area contributed by atoms with Crippen molar-refractivity contribution in [2.45, 2.75) is 13.3 Å². The number of nitrogens with one attached hydrogen (secondary N) is 1. The number of esters is 1. The summed E-state index contributed by atoms with van der Waals surface area (Å²) >= 11 is 0. The average molecular weight is 237 g/mol. The van der Waals surface area contributed by atoms with Crippen LogP contribution < -0.4 is 5.32 Å². The van der Waals surface area contributed by atoms with Crippen molar-refractivity contribution >= 4 is 24.3 Å². The van der Waals surface area contributed by atoms with Crippen LogP contribution in [0.2, 0.25) is 0 Å². The maximum Gasteiger partial charge on any atom is 0.315 e. The van der Waals surface area contributed by atoms with Crippen molar-refractivity contribution < 1.29 is 14.3 Å². The Morgan fingerprint density at radius 3 is 2.47 bits per heavy atom. The first-order valence-electron chi connectivity index (χ1n) is 4.88. The van der Waals surface area contributed by atoms with Crippen LogP contribution in [0.25, 0.3) is 0 Å². The fourth-order valence-electron chi connectivity index (χ4n) is 1.36. The molecule has 1 fully saturated rings. The molecular weight excluding hydrogens is 220 g/mol. The Labute approximate surface area is 95.6 Å². The van der Waals surface area contributed by atoms with Gasteiger partial charge in [-0.25, -0.2) is 0 Å². The molecule has 0 aromatic heterocycles. The summed E-state index contributed by atoms with van der Waals surface area (Å²) in [5.74, 6) is -0.569. The molecule has 1 heterocycles. The third-order valence-corrected chi connectivity index (χ3v) is 2.07. The molecule has 15 heavy (non-hydrogen) atoms. The van der Waals surface area contributed by atoms with Gasteiger partial charge in [0.05, 0.1) is 6.61 Å². The molecule has 0 saturated carbocycles. The minimum Gasteiger partial charge on any atom is -0.466 e. The van der Waals surface area contributed by atoms with Gasteiger partial charge in [-0.15, -0.1) is 12.4 Å². The van der Waals surface area contributed by atoms with Gasteiger partial charge in [-0.05, 0) is 6.92 Å². The number of hydrogen-bond acceptors (Lipinski definition) is 4. The molecule has 0 spiro atoms. The normalized spacial score (nSPS) is 15.4. The minimum absolute atomic E-state index is 0. The number of amides is 1. The monoisotopic (exact) mass is 236 g/mol. The second kappa shape index (κ2) is 7.48. The molecule has 1 rings (SSSR count). The zero-order valence-electron chi connectivity index (χ0n) is 8.82. The molecule has 1 saturated heterocycles. The molecule has 1 aliphatic rings. The Balaban J connectivity index is 0.00000196. The van der Waals surface area contributed by atoms with Gasteiger partial charge in [0.25, 0.3) is 0 Å². The van der Waals surface area contributed by atoms with E-state index < -0.39 is 5.97 Å². The van der Waals surface area contributed by atoms with Crippen molar-refractivity contribution in [3.05, 3.63) is 0 Å². The van der Waals surface area contributed by atoms with Crippen LogP contribution >= 0.6 is 12.4 Å². The quantitative estimate of drug-likeness (QED) is 0.544. The van der Waals surface area contributed by atoms with Crippen molar-refractivity contribution in [3.63, 3.8) is 0 Å². The molecule has 5 nitrogen and oxygen atoms in total. The van der Waals surface area contributed by atoms with Gasteiger partial charge in [0.2, 0.25) is 5.91 Å². The number of carbonyl (C=O) groups excluding carboxylic acids is 2. The van der Waals surface area contributed by atoms with E-state index in [2.05, 4.69) is 5.32 Å². The third kappa shape index (κ3) is 4.99. The van der Waals surface area contributed by atoms with E-state index in [4.69, 9.17) is 4.74 Å². The number of ether oxygens (including phenoxy) is 1. The molecule has 88 valence electrons. The molecule has 0 aliphatic carbocycles. The first kappa shape index (κ1) is 14.2.